The first-order valence-corrected chi connectivity index (χ1v) is 10.8. The molecule has 0 atom stereocenters. The second-order valence-electron chi connectivity index (χ2n) is 8.52. The molecular weight excluding hydrogens is 362 g/mol. The maximum Gasteiger partial charge on any atom is 0.226 e. The molecule has 1 amide bonds. The van der Waals surface area contributed by atoms with Gasteiger partial charge in [-0.3, -0.25) is 14.7 Å². The van der Waals surface area contributed by atoms with Crippen LogP contribution < -0.4 is 4.74 Å². The highest BCUT2D eigenvalue weighted by atomic mass is 16.5. The molecule has 4 rings (SSSR count). The first-order valence-electron chi connectivity index (χ1n) is 10.8. The average molecular weight is 394 g/mol. The van der Waals surface area contributed by atoms with Crippen molar-refractivity contribution in [1.82, 2.24) is 14.8 Å². The van der Waals surface area contributed by atoms with Gasteiger partial charge in [0.2, 0.25) is 5.91 Å². The molecule has 1 aliphatic heterocycles. The largest absolute Gasteiger partial charge is 0.490 e. The number of hydrogen-bond donors (Lipinski definition) is 0. The van der Waals surface area contributed by atoms with Crippen LogP contribution in [0.15, 0.2) is 48.8 Å². The molecule has 2 aromatic rings. The fraction of sp³-hybridized carbons (Fsp3) is 0.500. The number of likely N-dealkylation sites (tertiary alicyclic amines) is 1. The normalized spacial score (nSPS) is 21.6. The molecule has 1 aliphatic carbocycles. The summed E-state index contributed by atoms with van der Waals surface area (Å²) in [6, 6.07) is 12.4. The second-order valence-corrected chi connectivity index (χ2v) is 8.52. The molecule has 2 aliphatic rings. The Bertz CT molecular complexity index is 782. The fourth-order valence-electron chi connectivity index (χ4n) is 4.29. The molecule has 2 fully saturated rings. The zero-order chi connectivity index (χ0) is 20.1. The number of benzene rings is 1. The number of hydrogen-bond acceptors (Lipinski definition) is 4. The van der Waals surface area contributed by atoms with E-state index >= 15 is 0 Å². The maximum atomic E-state index is 12.4. The highest BCUT2D eigenvalue weighted by Gasteiger charge is 2.32. The van der Waals surface area contributed by atoms with Crippen LogP contribution in [0.1, 0.15) is 36.8 Å². The van der Waals surface area contributed by atoms with Crippen LogP contribution in [0.5, 0.6) is 5.75 Å². The minimum Gasteiger partial charge on any atom is -0.490 e. The number of rotatable bonds is 8. The number of amides is 1. The molecule has 0 spiro atoms. The maximum absolute atomic E-state index is 12.4. The highest BCUT2D eigenvalue weighted by molar-refractivity contribution is 5.78. The third kappa shape index (κ3) is 5.57. The van der Waals surface area contributed by atoms with Gasteiger partial charge in [0.05, 0.1) is 12.5 Å². The van der Waals surface area contributed by atoms with E-state index in [1.54, 1.807) is 12.4 Å². The van der Waals surface area contributed by atoms with Crippen molar-refractivity contribution >= 4 is 5.91 Å². The molecule has 2 heterocycles. The molecular formula is C24H31N3O2. The lowest BCUT2D eigenvalue weighted by Crippen LogP contribution is -2.42. The average Bonchev–Trinajstić information content (AvgIpc) is 3.21. The van der Waals surface area contributed by atoms with Gasteiger partial charge in [-0.05, 0) is 74.0 Å². The van der Waals surface area contributed by atoms with Gasteiger partial charge >= 0.3 is 0 Å². The van der Waals surface area contributed by atoms with Crippen LogP contribution in [-0.4, -0.2) is 53.5 Å². The Hall–Kier alpha value is -2.40. The number of pyridine rings is 1. The number of ether oxygens (including phenoxy) is 1. The van der Waals surface area contributed by atoms with E-state index in [0.717, 1.165) is 37.2 Å². The van der Waals surface area contributed by atoms with Crippen LogP contribution >= 0.6 is 0 Å². The zero-order valence-corrected chi connectivity index (χ0v) is 17.3. The Balaban J connectivity index is 1.16. The summed E-state index contributed by atoms with van der Waals surface area (Å²) in [6.45, 7) is 4.29. The predicted molar refractivity (Wildman–Crippen MR) is 114 cm³/mol. The van der Waals surface area contributed by atoms with Gasteiger partial charge in [0.25, 0.3) is 0 Å². The number of aromatic nitrogens is 1. The van der Waals surface area contributed by atoms with Crippen molar-refractivity contribution in [2.24, 2.45) is 5.92 Å². The molecule has 0 radical (unpaired) electrons. The lowest BCUT2D eigenvalue weighted by molar-refractivity contribution is -0.130. The standard InChI is InChI=1S/C24H31N3O2/c1-26(24(28)15-20-5-4-10-25-16-20)17-21-13-23(14-21)29-22-8-6-19(7-9-22)18-27-11-2-3-12-27/h4-10,16,21,23H,2-3,11-15,17-18H2,1H3. The molecule has 1 aromatic heterocycles. The molecule has 29 heavy (non-hydrogen) atoms. The second kappa shape index (κ2) is 9.40. The minimum absolute atomic E-state index is 0.149. The number of carbonyl (C=O) groups excluding carboxylic acids is 1. The van der Waals surface area contributed by atoms with Gasteiger partial charge in [-0.1, -0.05) is 18.2 Å². The minimum atomic E-state index is 0.149. The van der Waals surface area contributed by atoms with Gasteiger partial charge in [-0.25, -0.2) is 0 Å². The van der Waals surface area contributed by atoms with Crippen LogP contribution in [0.2, 0.25) is 0 Å². The third-order valence-electron chi connectivity index (χ3n) is 6.06. The topological polar surface area (TPSA) is 45.7 Å². The summed E-state index contributed by atoms with van der Waals surface area (Å²) in [5.74, 6) is 1.63. The summed E-state index contributed by atoms with van der Waals surface area (Å²) >= 11 is 0. The van der Waals surface area contributed by atoms with Crippen LogP contribution in [0.3, 0.4) is 0 Å². The van der Waals surface area contributed by atoms with Crippen molar-refractivity contribution in [1.29, 1.82) is 0 Å². The van der Waals surface area contributed by atoms with Gasteiger partial charge in [0.1, 0.15) is 5.75 Å². The predicted octanol–water partition coefficient (Wildman–Crippen LogP) is 3.54. The smallest absolute Gasteiger partial charge is 0.226 e. The molecule has 1 aromatic carbocycles. The lowest BCUT2D eigenvalue weighted by Gasteiger charge is -2.37. The monoisotopic (exact) mass is 393 g/mol. The van der Waals surface area contributed by atoms with Gasteiger partial charge < -0.3 is 9.64 Å². The zero-order valence-electron chi connectivity index (χ0n) is 17.3. The van der Waals surface area contributed by atoms with E-state index in [1.807, 2.05) is 24.1 Å². The fourth-order valence-corrected chi connectivity index (χ4v) is 4.29. The van der Waals surface area contributed by atoms with E-state index in [9.17, 15) is 4.79 Å². The van der Waals surface area contributed by atoms with Crippen LogP contribution in [0.25, 0.3) is 0 Å². The van der Waals surface area contributed by atoms with E-state index in [-0.39, 0.29) is 12.0 Å². The van der Waals surface area contributed by atoms with Crippen molar-refractivity contribution in [2.75, 3.05) is 26.7 Å². The summed E-state index contributed by atoms with van der Waals surface area (Å²) < 4.78 is 6.12. The van der Waals surface area contributed by atoms with Crippen molar-refractivity contribution in [2.45, 2.75) is 44.8 Å². The van der Waals surface area contributed by atoms with Crippen molar-refractivity contribution in [3.8, 4) is 5.75 Å². The molecule has 1 saturated carbocycles. The molecule has 0 N–H and O–H groups in total. The number of carbonyl (C=O) groups is 1. The third-order valence-corrected chi connectivity index (χ3v) is 6.06. The van der Waals surface area contributed by atoms with Gasteiger partial charge in [-0.2, -0.15) is 0 Å². The summed E-state index contributed by atoms with van der Waals surface area (Å²) in [5.41, 5.74) is 2.33. The summed E-state index contributed by atoms with van der Waals surface area (Å²) in [6.07, 6.45) is 8.86. The summed E-state index contributed by atoms with van der Waals surface area (Å²) in [7, 11) is 1.89. The van der Waals surface area contributed by atoms with Crippen LogP contribution in [0, 0.1) is 5.92 Å². The first kappa shape index (κ1) is 19.9. The lowest BCUT2D eigenvalue weighted by atomic mass is 9.82. The Morgan fingerprint density at radius 3 is 2.59 bits per heavy atom. The molecule has 5 nitrogen and oxygen atoms in total. The Morgan fingerprint density at radius 1 is 1.14 bits per heavy atom. The number of likely N-dealkylation sites (N-methyl/N-ethyl adjacent to an activating group) is 1. The molecule has 0 unspecified atom stereocenters. The molecule has 0 bridgehead atoms. The summed E-state index contributed by atoms with van der Waals surface area (Å²) in [5, 5.41) is 0. The Morgan fingerprint density at radius 2 is 1.90 bits per heavy atom. The Labute approximate surface area is 173 Å². The SMILES string of the molecule is CN(CC1CC(Oc2ccc(CN3CCCC3)cc2)C1)C(=O)Cc1cccnc1. The molecule has 5 heteroatoms. The molecule has 154 valence electrons. The summed E-state index contributed by atoms with van der Waals surface area (Å²) in [4.78, 5) is 20.8. The van der Waals surface area contributed by atoms with E-state index in [0.29, 0.717) is 12.3 Å². The number of nitrogens with zero attached hydrogens (tertiary/aromatic N) is 3. The quantitative estimate of drug-likeness (QED) is 0.688. The van der Waals surface area contributed by atoms with E-state index < -0.39 is 0 Å². The molecule has 1 saturated heterocycles. The van der Waals surface area contributed by atoms with E-state index in [1.165, 1.54) is 31.5 Å². The van der Waals surface area contributed by atoms with E-state index in [4.69, 9.17) is 4.74 Å². The van der Waals surface area contributed by atoms with E-state index in [2.05, 4.69) is 34.1 Å². The van der Waals surface area contributed by atoms with Crippen molar-refractivity contribution < 1.29 is 9.53 Å². The Kier molecular flexibility index (Phi) is 6.45. The van der Waals surface area contributed by atoms with Gasteiger partial charge in [0.15, 0.2) is 0 Å². The van der Waals surface area contributed by atoms with Crippen molar-refractivity contribution in [3.63, 3.8) is 0 Å². The van der Waals surface area contributed by atoms with Crippen LogP contribution in [-0.2, 0) is 17.8 Å². The first-order chi connectivity index (χ1) is 14.2. The highest BCUT2D eigenvalue weighted by Crippen LogP contribution is 2.32. The van der Waals surface area contributed by atoms with Crippen LogP contribution in [0.4, 0.5) is 0 Å². The van der Waals surface area contributed by atoms with Gasteiger partial charge in [0, 0.05) is 32.5 Å². The van der Waals surface area contributed by atoms with Crippen molar-refractivity contribution in [3.05, 3.63) is 59.9 Å². The van der Waals surface area contributed by atoms with Gasteiger partial charge in [-0.15, -0.1) is 0 Å².